The van der Waals surface area contributed by atoms with Gasteiger partial charge in [-0.1, -0.05) is 18.2 Å². The first kappa shape index (κ1) is 24.3. The predicted octanol–water partition coefficient (Wildman–Crippen LogP) is 4.26. The van der Waals surface area contributed by atoms with Gasteiger partial charge < -0.3 is 19.9 Å². The third kappa shape index (κ3) is 5.32. The maximum absolute atomic E-state index is 13.0. The normalized spacial score (nSPS) is 19.2. The van der Waals surface area contributed by atoms with E-state index in [1.807, 2.05) is 7.05 Å². The summed E-state index contributed by atoms with van der Waals surface area (Å²) in [6.45, 7) is 5.53. The number of anilines is 2. The van der Waals surface area contributed by atoms with Crippen LogP contribution < -0.4 is 15.0 Å². The van der Waals surface area contributed by atoms with Crippen molar-refractivity contribution < 1.29 is 17.9 Å². The molecule has 0 atom stereocenters. The maximum Gasteiger partial charge on any atom is 0.393 e. The molecule has 0 amide bonds. The van der Waals surface area contributed by atoms with Gasteiger partial charge in [0.25, 0.3) is 0 Å². The van der Waals surface area contributed by atoms with Crippen molar-refractivity contribution in [2.75, 3.05) is 56.6 Å². The molecule has 2 aromatic heterocycles. The molecular formula is C26H32F3N7O. The zero-order chi connectivity index (χ0) is 25.6. The first-order valence-corrected chi connectivity index (χ1v) is 13.1. The molecule has 1 saturated carbocycles. The summed E-state index contributed by atoms with van der Waals surface area (Å²) in [5.74, 6) is 3.12. The van der Waals surface area contributed by atoms with Gasteiger partial charge in [-0.15, -0.1) is 15.3 Å². The van der Waals surface area contributed by atoms with Gasteiger partial charge in [0.1, 0.15) is 12.3 Å². The molecule has 0 spiro atoms. The number of nitrogens with one attached hydrogen (secondary N) is 1. The van der Waals surface area contributed by atoms with Gasteiger partial charge in [0.05, 0.1) is 13.0 Å². The third-order valence-electron chi connectivity index (χ3n) is 7.61. The van der Waals surface area contributed by atoms with Crippen LogP contribution >= 0.6 is 0 Å². The highest BCUT2D eigenvalue weighted by atomic mass is 19.4. The number of hydrogen-bond acceptors (Lipinski definition) is 7. The van der Waals surface area contributed by atoms with E-state index in [4.69, 9.17) is 9.84 Å². The number of rotatable bonds is 7. The fraction of sp³-hybridized carbons (Fsp3) is 0.577. The van der Waals surface area contributed by atoms with Crippen LogP contribution in [0.3, 0.4) is 0 Å². The number of likely N-dealkylation sites (N-methyl/N-ethyl adjacent to an activating group) is 1. The third-order valence-corrected chi connectivity index (χ3v) is 7.61. The average molecular weight is 516 g/mol. The molecule has 2 aliphatic heterocycles. The van der Waals surface area contributed by atoms with Crippen molar-refractivity contribution in [2.24, 2.45) is 11.8 Å². The SMILES string of the molecule is CN1CCOc2c(NCC3CCN(CC4CC4)CC3)nn3c(-c4cccc(CC(F)(F)F)c4)nnc3c21. The number of alkyl halides is 3. The van der Waals surface area contributed by atoms with Crippen molar-refractivity contribution in [3.8, 4) is 17.1 Å². The summed E-state index contributed by atoms with van der Waals surface area (Å²) < 4.78 is 46.7. The summed E-state index contributed by atoms with van der Waals surface area (Å²) in [6, 6.07) is 6.33. The Kier molecular flexibility index (Phi) is 6.34. The van der Waals surface area contributed by atoms with E-state index >= 15 is 0 Å². The molecule has 198 valence electrons. The molecule has 6 rings (SSSR count). The molecule has 0 bridgehead atoms. The number of likely N-dealkylation sites (tertiary alicyclic amines) is 1. The zero-order valence-corrected chi connectivity index (χ0v) is 21.0. The van der Waals surface area contributed by atoms with Crippen molar-refractivity contribution in [1.82, 2.24) is 24.7 Å². The second-order valence-corrected chi connectivity index (χ2v) is 10.6. The fourth-order valence-electron chi connectivity index (χ4n) is 5.39. The summed E-state index contributed by atoms with van der Waals surface area (Å²) in [7, 11) is 1.97. The van der Waals surface area contributed by atoms with Gasteiger partial charge in [-0.25, -0.2) is 0 Å². The van der Waals surface area contributed by atoms with Crippen LogP contribution in [0.4, 0.5) is 24.7 Å². The highest BCUT2D eigenvalue weighted by Gasteiger charge is 2.30. The van der Waals surface area contributed by atoms with E-state index < -0.39 is 12.6 Å². The van der Waals surface area contributed by atoms with E-state index in [0.29, 0.717) is 47.7 Å². The average Bonchev–Trinajstić information content (AvgIpc) is 3.58. The molecule has 3 aliphatic rings. The molecule has 8 nitrogen and oxygen atoms in total. The van der Waals surface area contributed by atoms with E-state index in [1.54, 1.807) is 16.6 Å². The Morgan fingerprint density at radius 2 is 1.86 bits per heavy atom. The highest BCUT2D eigenvalue weighted by molar-refractivity contribution is 5.83. The minimum absolute atomic E-state index is 0.173. The van der Waals surface area contributed by atoms with Crippen LogP contribution in [0, 0.1) is 11.8 Å². The van der Waals surface area contributed by atoms with E-state index in [1.165, 1.54) is 31.5 Å². The van der Waals surface area contributed by atoms with Crippen LogP contribution in [-0.2, 0) is 6.42 Å². The second-order valence-electron chi connectivity index (χ2n) is 10.6. The van der Waals surface area contributed by atoms with Crippen molar-refractivity contribution in [2.45, 2.75) is 38.3 Å². The van der Waals surface area contributed by atoms with Crippen molar-refractivity contribution in [3.05, 3.63) is 29.8 Å². The van der Waals surface area contributed by atoms with Crippen LogP contribution in [0.1, 0.15) is 31.2 Å². The maximum atomic E-state index is 13.0. The van der Waals surface area contributed by atoms with Crippen LogP contribution in [-0.4, -0.2) is 77.3 Å². The van der Waals surface area contributed by atoms with Gasteiger partial charge in [0, 0.05) is 25.7 Å². The Hall–Kier alpha value is -3.08. The van der Waals surface area contributed by atoms with Gasteiger partial charge >= 0.3 is 6.18 Å². The molecule has 1 aliphatic carbocycles. The molecule has 1 saturated heterocycles. The van der Waals surface area contributed by atoms with Crippen molar-refractivity contribution >= 4 is 17.2 Å². The molecule has 0 unspecified atom stereocenters. The lowest BCUT2D eigenvalue weighted by molar-refractivity contribution is -0.127. The Morgan fingerprint density at radius 1 is 1.05 bits per heavy atom. The molecule has 0 radical (unpaired) electrons. The minimum Gasteiger partial charge on any atom is -0.486 e. The Balaban J connectivity index is 1.27. The lowest BCUT2D eigenvalue weighted by Gasteiger charge is -2.33. The smallest absolute Gasteiger partial charge is 0.393 e. The Labute approximate surface area is 213 Å². The van der Waals surface area contributed by atoms with E-state index in [0.717, 1.165) is 44.1 Å². The number of hydrogen-bond donors (Lipinski definition) is 1. The fourth-order valence-corrected chi connectivity index (χ4v) is 5.39. The first-order valence-electron chi connectivity index (χ1n) is 13.1. The molecule has 1 aromatic carbocycles. The lowest BCUT2D eigenvalue weighted by Crippen LogP contribution is -2.37. The lowest BCUT2D eigenvalue weighted by atomic mass is 9.96. The van der Waals surface area contributed by atoms with Crippen LogP contribution in [0.5, 0.6) is 5.75 Å². The standard InChI is InChI=1S/C26H32F3N7O/c1-34-11-12-37-22-21(34)25-32-31-24(20-4-2-3-19(13-20)14-26(27,28)29)36(25)33-23(22)30-15-17-7-9-35(10-8-17)16-18-5-6-18/h2-4,13,17-18H,5-12,14-16H2,1H3,(H,30,33). The van der Waals surface area contributed by atoms with E-state index in [9.17, 15) is 13.2 Å². The van der Waals surface area contributed by atoms with Crippen molar-refractivity contribution in [1.29, 1.82) is 0 Å². The number of halogens is 3. The van der Waals surface area contributed by atoms with E-state index in [2.05, 4.69) is 25.3 Å². The minimum atomic E-state index is -4.28. The van der Waals surface area contributed by atoms with Gasteiger partial charge in [-0.3, -0.25) is 0 Å². The molecule has 3 aromatic rings. The number of ether oxygens (including phenoxy) is 1. The second kappa shape index (κ2) is 9.66. The molecule has 4 heterocycles. The number of benzene rings is 1. The Morgan fingerprint density at radius 3 is 2.62 bits per heavy atom. The first-order chi connectivity index (χ1) is 17.8. The molecule has 11 heteroatoms. The predicted molar refractivity (Wildman–Crippen MR) is 135 cm³/mol. The number of fused-ring (bicyclic) bond motifs is 3. The van der Waals surface area contributed by atoms with Crippen LogP contribution in [0.2, 0.25) is 0 Å². The van der Waals surface area contributed by atoms with Gasteiger partial charge in [-0.05, 0) is 62.2 Å². The Bertz CT molecular complexity index is 1270. The number of aromatic nitrogens is 4. The molecule has 2 fully saturated rings. The van der Waals surface area contributed by atoms with Gasteiger partial charge in [-0.2, -0.15) is 17.7 Å². The summed E-state index contributed by atoms with van der Waals surface area (Å²) >= 11 is 0. The quantitative estimate of drug-likeness (QED) is 0.504. The summed E-state index contributed by atoms with van der Waals surface area (Å²) in [4.78, 5) is 4.66. The summed E-state index contributed by atoms with van der Waals surface area (Å²) in [5, 5.41) is 17.0. The van der Waals surface area contributed by atoms with Gasteiger partial charge in [0.15, 0.2) is 17.4 Å². The largest absolute Gasteiger partial charge is 0.486 e. The van der Waals surface area contributed by atoms with Gasteiger partial charge in [0.2, 0.25) is 5.65 Å². The number of nitrogens with zero attached hydrogens (tertiary/aromatic N) is 6. The topological polar surface area (TPSA) is 70.8 Å². The highest BCUT2D eigenvalue weighted by Crippen LogP contribution is 2.40. The molecular weight excluding hydrogens is 483 g/mol. The molecule has 1 N–H and O–H groups in total. The number of piperidine rings is 1. The van der Waals surface area contributed by atoms with Crippen molar-refractivity contribution in [3.63, 3.8) is 0 Å². The van der Waals surface area contributed by atoms with Crippen LogP contribution in [0.25, 0.3) is 17.0 Å². The van der Waals surface area contributed by atoms with Crippen LogP contribution in [0.15, 0.2) is 24.3 Å². The summed E-state index contributed by atoms with van der Waals surface area (Å²) in [5.41, 5.74) is 2.02. The molecule has 37 heavy (non-hydrogen) atoms. The monoisotopic (exact) mass is 515 g/mol. The zero-order valence-electron chi connectivity index (χ0n) is 21.0. The summed E-state index contributed by atoms with van der Waals surface area (Å²) in [6.07, 6.45) is -0.222. The van der Waals surface area contributed by atoms with E-state index in [-0.39, 0.29) is 5.56 Å².